The number of hydrogen-bond acceptors (Lipinski definition) is 2. The molecule has 2 fully saturated rings. The van der Waals surface area contributed by atoms with E-state index in [0.717, 1.165) is 25.9 Å². The van der Waals surface area contributed by atoms with Gasteiger partial charge in [-0.25, -0.2) is 0 Å². The van der Waals surface area contributed by atoms with Crippen molar-refractivity contribution >= 4 is 18.3 Å². The van der Waals surface area contributed by atoms with Crippen molar-refractivity contribution in [2.75, 3.05) is 13.1 Å². The van der Waals surface area contributed by atoms with Gasteiger partial charge in [0.25, 0.3) is 0 Å². The fourth-order valence-electron chi connectivity index (χ4n) is 3.83. The highest BCUT2D eigenvalue weighted by molar-refractivity contribution is 5.85. The molecule has 0 bridgehead atoms. The number of carbonyl (C=O) groups is 1. The van der Waals surface area contributed by atoms with E-state index in [1.54, 1.807) is 0 Å². The number of fused-ring (bicyclic) bond motifs is 1. The molecule has 4 atom stereocenters. The first-order valence-electron chi connectivity index (χ1n) is 7.50. The van der Waals surface area contributed by atoms with Crippen LogP contribution in [0.25, 0.3) is 0 Å². The Kier molecular flexibility index (Phi) is 6.13. The van der Waals surface area contributed by atoms with Crippen LogP contribution in [0, 0.1) is 23.7 Å². The number of carbonyl (C=O) groups excluding carboxylic acids is 1. The van der Waals surface area contributed by atoms with Gasteiger partial charge in [0.1, 0.15) is 0 Å². The van der Waals surface area contributed by atoms with Crippen molar-refractivity contribution in [3.8, 4) is 0 Å². The predicted molar refractivity (Wildman–Crippen MR) is 81.3 cm³/mol. The Morgan fingerprint density at radius 2 is 1.95 bits per heavy atom. The maximum Gasteiger partial charge on any atom is 0.222 e. The van der Waals surface area contributed by atoms with Gasteiger partial charge in [-0.15, -0.1) is 12.4 Å². The summed E-state index contributed by atoms with van der Waals surface area (Å²) in [7, 11) is 0. The first-order chi connectivity index (χ1) is 8.47. The molecule has 4 heteroatoms. The van der Waals surface area contributed by atoms with Crippen LogP contribution in [0.2, 0.25) is 0 Å². The molecule has 2 N–H and O–H groups in total. The van der Waals surface area contributed by atoms with Crippen LogP contribution < -0.4 is 5.73 Å². The summed E-state index contributed by atoms with van der Waals surface area (Å²) in [6.45, 7) is 8.52. The summed E-state index contributed by atoms with van der Waals surface area (Å²) in [5.74, 6) is 2.80. The smallest absolute Gasteiger partial charge is 0.222 e. The van der Waals surface area contributed by atoms with Crippen LogP contribution in [-0.4, -0.2) is 29.9 Å². The first-order valence-corrected chi connectivity index (χ1v) is 7.50. The molecule has 0 aromatic rings. The van der Waals surface area contributed by atoms with E-state index in [1.807, 2.05) is 0 Å². The molecule has 112 valence electrons. The van der Waals surface area contributed by atoms with Crippen LogP contribution in [0.3, 0.4) is 0 Å². The number of likely N-dealkylation sites (tertiary alicyclic amines) is 1. The van der Waals surface area contributed by atoms with Crippen molar-refractivity contribution in [1.29, 1.82) is 0 Å². The van der Waals surface area contributed by atoms with Crippen molar-refractivity contribution < 1.29 is 4.79 Å². The molecule has 0 radical (unpaired) electrons. The van der Waals surface area contributed by atoms with Crippen molar-refractivity contribution in [3.05, 3.63) is 0 Å². The second-order valence-electron chi connectivity index (χ2n) is 6.90. The highest BCUT2D eigenvalue weighted by Gasteiger charge is 2.42. The summed E-state index contributed by atoms with van der Waals surface area (Å²) in [4.78, 5) is 14.3. The Morgan fingerprint density at radius 3 is 2.53 bits per heavy atom. The highest BCUT2D eigenvalue weighted by Crippen LogP contribution is 2.37. The van der Waals surface area contributed by atoms with Crippen LogP contribution >= 0.6 is 12.4 Å². The Balaban J connectivity index is 0.00000180. The van der Waals surface area contributed by atoms with Gasteiger partial charge in [0.15, 0.2) is 0 Å². The number of nitrogens with two attached hydrogens (primary N) is 1. The summed E-state index contributed by atoms with van der Waals surface area (Å²) in [6, 6.07) is 0.334. The van der Waals surface area contributed by atoms with Gasteiger partial charge in [0.2, 0.25) is 5.91 Å². The van der Waals surface area contributed by atoms with Gasteiger partial charge in [-0.2, -0.15) is 0 Å². The molecule has 0 aromatic carbocycles. The molecule has 0 spiro atoms. The Morgan fingerprint density at radius 1 is 1.26 bits per heavy atom. The third-order valence-electron chi connectivity index (χ3n) is 4.66. The van der Waals surface area contributed by atoms with Crippen LogP contribution in [-0.2, 0) is 4.79 Å². The van der Waals surface area contributed by atoms with E-state index in [9.17, 15) is 4.79 Å². The monoisotopic (exact) mass is 288 g/mol. The lowest BCUT2D eigenvalue weighted by Gasteiger charge is -2.21. The molecular formula is C15H29ClN2O. The third-order valence-corrected chi connectivity index (χ3v) is 4.66. The lowest BCUT2D eigenvalue weighted by Crippen LogP contribution is -2.34. The molecule has 2 rings (SSSR count). The van der Waals surface area contributed by atoms with Gasteiger partial charge in [0, 0.05) is 25.6 Å². The van der Waals surface area contributed by atoms with Crippen molar-refractivity contribution in [2.45, 2.75) is 52.5 Å². The van der Waals surface area contributed by atoms with E-state index < -0.39 is 0 Å². The quantitative estimate of drug-likeness (QED) is 0.864. The summed E-state index contributed by atoms with van der Waals surface area (Å²) in [6.07, 6.45) is 4.23. The molecule has 1 aliphatic heterocycles. The van der Waals surface area contributed by atoms with Crippen molar-refractivity contribution in [2.24, 2.45) is 29.4 Å². The molecule has 1 heterocycles. The van der Waals surface area contributed by atoms with Gasteiger partial charge >= 0.3 is 0 Å². The Hall–Kier alpha value is -0.280. The number of amides is 1. The van der Waals surface area contributed by atoms with Crippen LogP contribution in [0.5, 0.6) is 0 Å². The fraction of sp³-hybridized carbons (Fsp3) is 0.933. The Bertz CT molecular complexity index is 309. The van der Waals surface area contributed by atoms with Gasteiger partial charge in [0.05, 0.1) is 0 Å². The fourth-order valence-corrected chi connectivity index (χ4v) is 3.83. The average molecular weight is 289 g/mol. The minimum absolute atomic E-state index is 0. The molecule has 19 heavy (non-hydrogen) atoms. The number of hydrogen-bond donors (Lipinski definition) is 1. The second kappa shape index (κ2) is 6.94. The third kappa shape index (κ3) is 4.09. The summed E-state index contributed by atoms with van der Waals surface area (Å²) in [5, 5.41) is 0. The van der Waals surface area contributed by atoms with Gasteiger partial charge < -0.3 is 10.6 Å². The molecular weight excluding hydrogens is 260 g/mol. The largest absolute Gasteiger partial charge is 0.342 e. The highest BCUT2D eigenvalue weighted by atomic mass is 35.5. The molecule has 1 saturated carbocycles. The van der Waals surface area contributed by atoms with Crippen molar-refractivity contribution in [1.82, 2.24) is 4.90 Å². The van der Waals surface area contributed by atoms with Crippen molar-refractivity contribution in [3.63, 3.8) is 0 Å². The van der Waals surface area contributed by atoms with E-state index in [2.05, 4.69) is 25.7 Å². The average Bonchev–Trinajstić information content (AvgIpc) is 2.80. The van der Waals surface area contributed by atoms with E-state index >= 15 is 0 Å². The summed E-state index contributed by atoms with van der Waals surface area (Å²) in [5.41, 5.74) is 6.11. The van der Waals surface area contributed by atoms with E-state index in [0.29, 0.717) is 42.0 Å². The molecule has 1 amide bonds. The number of nitrogens with zero attached hydrogens (tertiary/aromatic N) is 1. The first kappa shape index (κ1) is 16.8. The maximum atomic E-state index is 12.3. The maximum absolute atomic E-state index is 12.3. The minimum atomic E-state index is 0. The summed E-state index contributed by atoms with van der Waals surface area (Å²) >= 11 is 0. The number of halogens is 1. The van der Waals surface area contributed by atoms with E-state index in [-0.39, 0.29) is 12.4 Å². The standard InChI is InChI=1S/C15H28N2O.ClH/c1-10(2)6-11(3)7-15(18)17-8-12-4-5-14(16)13(12)9-17;/h10-14H,4-9,16H2,1-3H3;1H. The van der Waals surface area contributed by atoms with Gasteiger partial charge in [-0.05, 0) is 42.9 Å². The zero-order chi connectivity index (χ0) is 13.3. The topological polar surface area (TPSA) is 46.3 Å². The normalized spacial score (nSPS) is 31.2. The summed E-state index contributed by atoms with van der Waals surface area (Å²) < 4.78 is 0. The van der Waals surface area contributed by atoms with Gasteiger partial charge in [-0.3, -0.25) is 4.79 Å². The molecule has 4 unspecified atom stereocenters. The van der Waals surface area contributed by atoms with E-state index in [4.69, 9.17) is 5.73 Å². The van der Waals surface area contributed by atoms with Crippen LogP contribution in [0.4, 0.5) is 0 Å². The van der Waals surface area contributed by atoms with E-state index in [1.165, 1.54) is 6.42 Å². The molecule has 1 saturated heterocycles. The lowest BCUT2D eigenvalue weighted by atomic mass is 9.95. The van der Waals surface area contributed by atoms with Crippen LogP contribution in [0.15, 0.2) is 0 Å². The van der Waals surface area contributed by atoms with Crippen LogP contribution in [0.1, 0.15) is 46.5 Å². The molecule has 1 aliphatic carbocycles. The molecule has 2 aliphatic rings. The Labute approximate surface area is 123 Å². The molecule has 0 aromatic heterocycles. The predicted octanol–water partition coefficient (Wildman–Crippen LogP) is 2.68. The van der Waals surface area contributed by atoms with Gasteiger partial charge in [-0.1, -0.05) is 20.8 Å². The SMILES string of the molecule is CC(C)CC(C)CC(=O)N1CC2CCC(N)C2C1.Cl. The zero-order valence-electron chi connectivity index (χ0n) is 12.5. The molecule has 3 nitrogen and oxygen atoms in total. The lowest BCUT2D eigenvalue weighted by molar-refractivity contribution is -0.131. The minimum Gasteiger partial charge on any atom is -0.342 e. The zero-order valence-corrected chi connectivity index (χ0v) is 13.3. The second-order valence-corrected chi connectivity index (χ2v) is 6.90. The number of rotatable bonds is 4.